The Kier molecular flexibility index (Phi) is 4.19. The first-order valence-electron chi connectivity index (χ1n) is 8.70. The highest BCUT2D eigenvalue weighted by molar-refractivity contribution is 6.04. The van der Waals surface area contributed by atoms with Gasteiger partial charge in [-0.15, -0.1) is 0 Å². The largest absolute Gasteiger partial charge is 0.490 e. The highest BCUT2D eigenvalue weighted by Gasteiger charge is 2.15. The molecule has 1 fully saturated rings. The molecular formula is C19H23N5O. The number of hydrogen-bond donors (Lipinski definition) is 3. The Labute approximate surface area is 146 Å². The minimum atomic E-state index is 0.479. The van der Waals surface area contributed by atoms with Crippen molar-refractivity contribution in [3.8, 4) is 16.9 Å². The van der Waals surface area contributed by atoms with Gasteiger partial charge in [0.1, 0.15) is 17.9 Å². The van der Waals surface area contributed by atoms with Gasteiger partial charge < -0.3 is 16.2 Å². The second-order valence-electron chi connectivity index (χ2n) is 6.49. The highest BCUT2D eigenvalue weighted by atomic mass is 16.5. The smallest absolute Gasteiger partial charge is 0.153 e. The molecule has 3 aromatic rings. The molecule has 0 spiro atoms. The molecule has 130 valence electrons. The van der Waals surface area contributed by atoms with Gasteiger partial charge in [0.15, 0.2) is 5.82 Å². The molecule has 1 aliphatic rings. The number of nitrogens with two attached hydrogens (primary N) is 2. The van der Waals surface area contributed by atoms with E-state index in [1.165, 1.54) is 25.9 Å². The number of hydrogen-bond acceptors (Lipinski definition) is 5. The van der Waals surface area contributed by atoms with Crippen LogP contribution in [0.5, 0.6) is 5.75 Å². The van der Waals surface area contributed by atoms with Crippen molar-refractivity contribution in [3.63, 3.8) is 0 Å². The summed E-state index contributed by atoms with van der Waals surface area (Å²) in [5.74, 6) is 1.27. The van der Waals surface area contributed by atoms with Gasteiger partial charge in [0.25, 0.3) is 0 Å². The molecule has 0 radical (unpaired) electrons. The number of nitrogens with zero attached hydrogens (tertiary/aromatic N) is 2. The summed E-state index contributed by atoms with van der Waals surface area (Å²) in [6.45, 7) is 3.96. The lowest BCUT2D eigenvalue weighted by atomic mass is 10.0. The Balaban J connectivity index is 1.61. The van der Waals surface area contributed by atoms with Crippen LogP contribution in [0.2, 0.25) is 0 Å². The van der Waals surface area contributed by atoms with Crippen molar-refractivity contribution >= 4 is 22.4 Å². The first-order chi connectivity index (χ1) is 12.2. The maximum absolute atomic E-state index is 6.11. The van der Waals surface area contributed by atoms with Gasteiger partial charge >= 0.3 is 0 Å². The zero-order valence-corrected chi connectivity index (χ0v) is 14.2. The fourth-order valence-corrected chi connectivity index (χ4v) is 3.45. The first-order valence-corrected chi connectivity index (χ1v) is 8.70. The van der Waals surface area contributed by atoms with Crippen LogP contribution in [-0.4, -0.2) is 41.3 Å². The fourth-order valence-electron chi connectivity index (χ4n) is 3.45. The van der Waals surface area contributed by atoms with Gasteiger partial charge in [-0.2, -0.15) is 5.10 Å². The average molecular weight is 337 g/mol. The van der Waals surface area contributed by atoms with Gasteiger partial charge in [0.05, 0.1) is 5.39 Å². The molecule has 4 rings (SSSR count). The molecule has 0 atom stereocenters. The molecular weight excluding hydrogens is 314 g/mol. The SMILES string of the molecule is Nc1ccc(-c2ccc(OCCN3CCCC3)c3[nH]nc(N)c23)cc1. The quantitative estimate of drug-likeness (QED) is 0.623. The number of ether oxygens (including phenoxy) is 1. The summed E-state index contributed by atoms with van der Waals surface area (Å²) in [5.41, 5.74) is 15.6. The molecule has 0 aliphatic carbocycles. The molecule has 6 heteroatoms. The van der Waals surface area contributed by atoms with Gasteiger partial charge in [-0.3, -0.25) is 10.00 Å². The van der Waals surface area contributed by atoms with Gasteiger partial charge in [0, 0.05) is 12.2 Å². The van der Waals surface area contributed by atoms with E-state index in [2.05, 4.69) is 15.1 Å². The molecule has 0 amide bonds. The van der Waals surface area contributed by atoms with E-state index < -0.39 is 0 Å². The second kappa shape index (κ2) is 6.64. The monoisotopic (exact) mass is 337 g/mol. The fraction of sp³-hybridized carbons (Fsp3) is 0.316. The maximum Gasteiger partial charge on any atom is 0.153 e. The van der Waals surface area contributed by atoms with Crippen LogP contribution in [0.4, 0.5) is 11.5 Å². The molecule has 0 unspecified atom stereocenters. The van der Waals surface area contributed by atoms with E-state index in [4.69, 9.17) is 16.2 Å². The Hall–Kier alpha value is -2.73. The number of aromatic amines is 1. The van der Waals surface area contributed by atoms with E-state index in [-0.39, 0.29) is 0 Å². The van der Waals surface area contributed by atoms with Gasteiger partial charge in [-0.05, 0) is 61.3 Å². The molecule has 2 heterocycles. The van der Waals surface area contributed by atoms with E-state index in [1.54, 1.807) is 0 Å². The van der Waals surface area contributed by atoms with Crippen molar-refractivity contribution in [2.45, 2.75) is 12.8 Å². The van der Waals surface area contributed by atoms with Crippen LogP contribution in [0, 0.1) is 0 Å². The van der Waals surface area contributed by atoms with Crippen LogP contribution < -0.4 is 16.2 Å². The number of nitrogen functional groups attached to an aromatic ring is 2. The van der Waals surface area contributed by atoms with Crippen LogP contribution in [0.25, 0.3) is 22.0 Å². The summed E-state index contributed by atoms with van der Waals surface area (Å²) in [7, 11) is 0. The van der Waals surface area contributed by atoms with Gasteiger partial charge in [-0.1, -0.05) is 12.1 Å². The summed E-state index contributed by atoms with van der Waals surface area (Å²) >= 11 is 0. The van der Waals surface area contributed by atoms with Crippen LogP contribution in [-0.2, 0) is 0 Å². The van der Waals surface area contributed by atoms with E-state index in [9.17, 15) is 0 Å². The van der Waals surface area contributed by atoms with Gasteiger partial charge in [-0.25, -0.2) is 0 Å². The van der Waals surface area contributed by atoms with Crippen molar-refractivity contribution < 1.29 is 4.74 Å². The maximum atomic E-state index is 6.11. The number of benzene rings is 2. The topological polar surface area (TPSA) is 93.2 Å². The second-order valence-corrected chi connectivity index (χ2v) is 6.49. The van der Waals surface area contributed by atoms with E-state index >= 15 is 0 Å². The van der Waals surface area contributed by atoms with Crippen LogP contribution in [0.3, 0.4) is 0 Å². The zero-order chi connectivity index (χ0) is 17.2. The van der Waals surface area contributed by atoms with E-state index in [0.717, 1.165) is 40.0 Å². The number of H-pyrrole nitrogens is 1. The summed E-state index contributed by atoms with van der Waals surface area (Å²) in [4.78, 5) is 2.43. The molecule has 1 aliphatic heterocycles. The lowest BCUT2D eigenvalue weighted by Gasteiger charge is -2.15. The van der Waals surface area contributed by atoms with Crippen LogP contribution in [0.1, 0.15) is 12.8 Å². The molecule has 1 saturated heterocycles. The number of nitrogens with one attached hydrogen (secondary N) is 1. The van der Waals surface area contributed by atoms with Crippen molar-refractivity contribution in [3.05, 3.63) is 36.4 Å². The number of aromatic nitrogens is 2. The van der Waals surface area contributed by atoms with E-state index in [0.29, 0.717) is 12.4 Å². The van der Waals surface area contributed by atoms with Crippen molar-refractivity contribution in [1.82, 2.24) is 15.1 Å². The zero-order valence-electron chi connectivity index (χ0n) is 14.2. The third-order valence-electron chi connectivity index (χ3n) is 4.80. The molecule has 6 nitrogen and oxygen atoms in total. The Morgan fingerprint density at radius 1 is 1.04 bits per heavy atom. The number of rotatable bonds is 5. The number of likely N-dealkylation sites (tertiary alicyclic amines) is 1. The molecule has 5 N–H and O–H groups in total. The predicted octanol–water partition coefficient (Wildman–Crippen LogP) is 2.87. The first kappa shape index (κ1) is 15.8. The summed E-state index contributed by atoms with van der Waals surface area (Å²) in [6.07, 6.45) is 2.58. The third-order valence-corrected chi connectivity index (χ3v) is 4.80. The standard InChI is InChI=1S/C19H23N5O/c20-14-5-3-13(4-6-14)15-7-8-16(18-17(15)19(21)23-22-18)25-12-11-24-9-1-2-10-24/h3-8H,1-2,9-12,20H2,(H3,21,22,23). The average Bonchev–Trinajstić information content (AvgIpc) is 3.27. The highest BCUT2D eigenvalue weighted by Crippen LogP contribution is 2.36. The van der Waals surface area contributed by atoms with Gasteiger partial charge in [0.2, 0.25) is 0 Å². The van der Waals surface area contributed by atoms with Crippen molar-refractivity contribution in [2.75, 3.05) is 37.7 Å². The summed E-state index contributed by atoms with van der Waals surface area (Å²) in [5, 5.41) is 8.09. The third kappa shape index (κ3) is 3.13. The summed E-state index contributed by atoms with van der Waals surface area (Å²) < 4.78 is 6.02. The summed E-state index contributed by atoms with van der Waals surface area (Å²) in [6, 6.07) is 11.8. The molecule has 1 aromatic heterocycles. The molecule has 0 saturated carbocycles. The minimum absolute atomic E-state index is 0.479. The minimum Gasteiger partial charge on any atom is -0.490 e. The van der Waals surface area contributed by atoms with E-state index in [1.807, 2.05) is 36.4 Å². The van der Waals surface area contributed by atoms with Crippen molar-refractivity contribution in [2.24, 2.45) is 0 Å². The Morgan fingerprint density at radius 3 is 2.56 bits per heavy atom. The molecule has 25 heavy (non-hydrogen) atoms. The lowest BCUT2D eigenvalue weighted by Crippen LogP contribution is -2.25. The lowest BCUT2D eigenvalue weighted by molar-refractivity contribution is 0.239. The molecule has 2 aromatic carbocycles. The van der Waals surface area contributed by atoms with Crippen LogP contribution >= 0.6 is 0 Å². The normalized spacial score (nSPS) is 15.0. The predicted molar refractivity (Wildman–Crippen MR) is 102 cm³/mol. The van der Waals surface area contributed by atoms with Crippen LogP contribution in [0.15, 0.2) is 36.4 Å². The van der Waals surface area contributed by atoms with Crippen molar-refractivity contribution in [1.29, 1.82) is 0 Å². The molecule has 0 bridgehead atoms. The Bertz CT molecular complexity index is 865. The number of anilines is 2. The Morgan fingerprint density at radius 2 is 1.80 bits per heavy atom. The number of fused-ring (bicyclic) bond motifs is 1.